The zero-order chi connectivity index (χ0) is 17.0. The number of hydrogen-bond acceptors (Lipinski definition) is 2. The van der Waals surface area contributed by atoms with Crippen molar-refractivity contribution in [3.63, 3.8) is 0 Å². The van der Waals surface area contributed by atoms with Crippen LogP contribution in [0.25, 0.3) is 0 Å². The van der Waals surface area contributed by atoms with Crippen molar-refractivity contribution in [2.75, 3.05) is 0 Å². The van der Waals surface area contributed by atoms with E-state index in [1.165, 1.54) is 0 Å². The predicted octanol–water partition coefficient (Wildman–Crippen LogP) is 3.35. The molecule has 2 N–H and O–H groups in total. The third-order valence-electron chi connectivity index (χ3n) is 4.09. The van der Waals surface area contributed by atoms with Crippen molar-refractivity contribution in [2.24, 2.45) is 0 Å². The molecule has 0 aliphatic carbocycles. The number of nitrogens with one attached hydrogen (secondary N) is 1. The average Bonchev–Trinajstić information content (AvgIpc) is 2.55. The van der Waals surface area contributed by atoms with Gasteiger partial charge in [0.1, 0.15) is 0 Å². The third kappa shape index (κ3) is 3.97. The molecule has 0 bridgehead atoms. The van der Waals surface area contributed by atoms with Gasteiger partial charge >= 0.3 is 5.97 Å². The summed E-state index contributed by atoms with van der Waals surface area (Å²) in [6.07, 6.45) is 0. The smallest absolute Gasteiger partial charge is 0.330 e. The van der Waals surface area contributed by atoms with Crippen LogP contribution in [0, 0.1) is 13.8 Å². The summed E-state index contributed by atoms with van der Waals surface area (Å²) in [4.78, 5) is 24.0. The first kappa shape index (κ1) is 16.7. The molecule has 0 spiro atoms. The van der Waals surface area contributed by atoms with Crippen LogP contribution in [-0.4, -0.2) is 17.0 Å². The summed E-state index contributed by atoms with van der Waals surface area (Å²) in [5.41, 5.74) is 3.52. The number of carboxylic acids is 1. The van der Waals surface area contributed by atoms with Crippen LogP contribution in [0.2, 0.25) is 0 Å². The monoisotopic (exact) mass is 311 g/mol. The van der Waals surface area contributed by atoms with E-state index >= 15 is 0 Å². The highest BCUT2D eigenvalue weighted by molar-refractivity contribution is 5.88. The quantitative estimate of drug-likeness (QED) is 0.890. The standard InChI is InChI=1S/C19H21NO3/c1-12-9-10-16(11-13(12)2)17(19(22)23)20-18(21)14(3)15-7-5-4-6-8-15/h4-11,14,17H,1-3H3,(H,20,21)(H,22,23)/t14-,17?/m0/s1. The largest absolute Gasteiger partial charge is 0.479 e. The molecule has 0 saturated carbocycles. The maximum Gasteiger partial charge on any atom is 0.330 e. The van der Waals surface area contributed by atoms with Crippen LogP contribution in [0.15, 0.2) is 48.5 Å². The first-order valence-corrected chi connectivity index (χ1v) is 7.55. The SMILES string of the molecule is Cc1ccc(C(NC(=O)[C@@H](C)c2ccccc2)C(=O)O)cc1C. The van der Waals surface area contributed by atoms with E-state index in [2.05, 4.69) is 5.32 Å². The van der Waals surface area contributed by atoms with E-state index in [1.807, 2.05) is 56.3 Å². The minimum atomic E-state index is -1.07. The molecule has 2 aromatic rings. The Labute approximate surface area is 136 Å². The van der Waals surface area contributed by atoms with E-state index in [1.54, 1.807) is 13.0 Å². The van der Waals surface area contributed by atoms with Gasteiger partial charge in [0.2, 0.25) is 5.91 Å². The number of carbonyl (C=O) groups excluding carboxylic acids is 1. The molecule has 1 unspecified atom stereocenters. The highest BCUT2D eigenvalue weighted by Gasteiger charge is 2.25. The lowest BCUT2D eigenvalue weighted by Gasteiger charge is -2.19. The molecule has 120 valence electrons. The van der Waals surface area contributed by atoms with E-state index in [4.69, 9.17) is 0 Å². The highest BCUT2D eigenvalue weighted by atomic mass is 16.4. The zero-order valence-corrected chi connectivity index (χ0v) is 13.5. The van der Waals surface area contributed by atoms with Gasteiger partial charge in [-0.2, -0.15) is 0 Å². The minimum absolute atomic E-state index is 0.304. The van der Waals surface area contributed by atoms with Gasteiger partial charge in [-0.25, -0.2) is 4.79 Å². The Balaban J connectivity index is 2.21. The van der Waals surface area contributed by atoms with Crippen LogP contribution in [0.5, 0.6) is 0 Å². The van der Waals surface area contributed by atoms with E-state index in [0.29, 0.717) is 5.56 Å². The van der Waals surface area contributed by atoms with E-state index in [0.717, 1.165) is 16.7 Å². The number of amides is 1. The molecule has 0 aliphatic rings. The van der Waals surface area contributed by atoms with Crippen LogP contribution in [-0.2, 0) is 9.59 Å². The molecule has 4 heteroatoms. The van der Waals surface area contributed by atoms with Gasteiger partial charge in [0, 0.05) is 0 Å². The van der Waals surface area contributed by atoms with Crippen LogP contribution < -0.4 is 5.32 Å². The molecule has 0 aliphatic heterocycles. The van der Waals surface area contributed by atoms with E-state index < -0.39 is 17.9 Å². The second kappa shape index (κ2) is 7.09. The maximum absolute atomic E-state index is 12.4. The fourth-order valence-corrected chi connectivity index (χ4v) is 2.39. The van der Waals surface area contributed by atoms with Crippen molar-refractivity contribution in [3.05, 3.63) is 70.8 Å². The summed E-state index contributed by atoms with van der Waals surface area (Å²) >= 11 is 0. The number of carboxylic acid groups (broad SMARTS) is 1. The first-order chi connectivity index (χ1) is 10.9. The van der Waals surface area contributed by atoms with Crippen molar-refractivity contribution in [2.45, 2.75) is 32.7 Å². The van der Waals surface area contributed by atoms with Crippen LogP contribution in [0.1, 0.15) is 41.1 Å². The van der Waals surface area contributed by atoms with Crippen molar-refractivity contribution >= 4 is 11.9 Å². The summed E-state index contributed by atoms with van der Waals surface area (Å²) in [6, 6.07) is 13.7. The van der Waals surface area contributed by atoms with Crippen LogP contribution >= 0.6 is 0 Å². The lowest BCUT2D eigenvalue weighted by Crippen LogP contribution is -2.36. The summed E-state index contributed by atoms with van der Waals surface area (Å²) in [6.45, 7) is 5.65. The lowest BCUT2D eigenvalue weighted by atomic mass is 9.98. The number of carbonyl (C=O) groups is 2. The molecular formula is C19H21NO3. The normalized spacial score (nSPS) is 13.2. The number of rotatable bonds is 5. The van der Waals surface area contributed by atoms with Gasteiger partial charge in [0.25, 0.3) is 0 Å². The third-order valence-corrected chi connectivity index (χ3v) is 4.09. The van der Waals surface area contributed by atoms with Crippen molar-refractivity contribution < 1.29 is 14.7 Å². The predicted molar refractivity (Wildman–Crippen MR) is 89.3 cm³/mol. The molecular weight excluding hydrogens is 290 g/mol. The number of benzene rings is 2. The molecule has 2 atom stereocenters. The number of aryl methyl sites for hydroxylation is 2. The van der Waals surface area contributed by atoms with Gasteiger partial charge in [-0.05, 0) is 43.0 Å². The van der Waals surface area contributed by atoms with Gasteiger partial charge in [0.05, 0.1) is 5.92 Å². The molecule has 23 heavy (non-hydrogen) atoms. The molecule has 0 fully saturated rings. The Morgan fingerprint density at radius 2 is 1.61 bits per heavy atom. The Hall–Kier alpha value is -2.62. The Morgan fingerprint density at radius 3 is 2.17 bits per heavy atom. The van der Waals surface area contributed by atoms with E-state index in [-0.39, 0.29) is 5.91 Å². The summed E-state index contributed by atoms with van der Waals surface area (Å²) < 4.78 is 0. The Morgan fingerprint density at radius 1 is 0.957 bits per heavy atom. The Bertz CT molecular complexity index is 710. The minimum Gasteiger partial charge on any atom is -0.479 e. The van der Waals surface area contributed by atoms with Crippen molar-refractivity contribution in [1.29, 1.82) is 0 Å². The number of aliphatic carboxylic acids is 1. The first-order valence-electron chi connectivity index (χ1n) is 7.55. The fourth-order valence-electron chi connectivity index (χ4n) is 2.39. The highest BCUT2D eigenvalue weighted by Crippen LogP contribution is 2.20. The van der Waals surface area contributed by atoms with Crippen LogP contribution in [0.3, 0.4) is 0 Å². The van der Waals surface area contributed by atoms with Gasteiger partial charge in [-0.1, -0.05) is 48.5 Å². The van der Waals surface area contributed by atoms with E-state index in [9.17, 15) is 14.7 Å². The van der Waals surface area contributed by atoms with Crippen molar-refractivity contribution in [1.82, 2.24) is 5.32 Å². The molecule has 0 radical (unpaired) electrons. The zero-order valence-electron chi connectivity index (χ0n) is 13.5. The van der Waals surface area contributed by atoms with Gasteiger partial charge in [0.15, 0.2) is 6.04 Å². The van der Waals surface area contributed by atoms with Crippen LogP contribution in [0.4, 0.5) is 0 Å². The molecule has 0 saturated heterocycles. The molecule has 2 rings (SSSR count). The summed E-state index contributed by atoms with van der Waals surface area (Å²) in [7, 11) is 0. The number of hydrogen-bond donors (Lipinski definition) is 2. The molecule has 0 aromatic heterocycles. The van der Waals surface area contributed by atoms with Gasteiger partial charge in [-0.15, -0.1) is 0 Å². The lowest BCUT2D eigenvalue weighted by molar-refractivity contribution is -0.142. The topological polar surface area (TPSA) is 66.4 Å². The second-order valence-electron chi connectivity index (χ2n) is 5.76. The average molecular weight is 311 g/mol. The van der Waals surface area contributed by atoms with Crippen molar-refractivity contribution in [3.8, 4) is 0 Å². The summed E-state index contributed by atoms with van der Waals surface area (Å²) in [5.74, 6) is -1.78. The summed E-state index contributed by atoms with van der Waals surface area (Å²) in [5, 5.41) is 12.1. The molecule has 0 heterocycles. The molecule has 2 aromatic carbocycles. The fraction of sp³-hybridized carbons (Fsp3) is 0.263. The van der Waals surface area contributed by atoms with Gasteiger partial charge in [-0.3, -0.25) is 4.79 Å². The molecule has 1 amide bonds. The molecule has 4 nitrogen and oxygen atoms in total. The maximum atomic E-state index is 12.4. The Kier molecular flexibility index (Phi) is 5.16. The second-order valence-corrected chi connectivity index (χ2v) is 5.76. The van der Waals surface area contributed by atoms with Gasteiger partial charge < -0.3 is 10.4 Å².